The maximum Gasteiger partial charge on any atom is 0.326 e. The lowest BCUT2D eigenvalue weighted by molar-refractivity contribution is -0.139. The number of carboxylic acids is 1. The quantitative estimate of drug-likeness (QED) is 0.686. The second kappa shape index (κ2) is 6.89. The molecular formula is C13H14N4O3S. The molecule has 2 heterocycles. The lowest BCUT2D eigenvalue weighted by atomic mass is 10.1. The molecule has 2 aromatic rings. The molecule has 0 aliphatic carbocycles. The van der Waals surface area contributed by atoms with Crippen LogP contribution in [0.3, 0.4) is 0 Å². The fourth-order valence-electron chi connectivity index (χ4n) is 1.78. The van der Waals surface area contributed by atoms with Gasteiger partial charge in [-0.1, -0.05) is 0 Å². The first-order valence-corrected chi connectivity index (χ1v) is 7.34. The highest BCUT2D eigenvalue weighted by atomic mass is 32.2. The average Bonchev–Trinajstić information content (AvgIpc) is 2.99. The van der Waals surface area contributed by atoms with Gasteiger partial charge in [0.05, 0.1) is 11.9 Å². The Hall–Kier alpha value is -2.35. The van der Waals surface area contributed by atoms with Gasteiger partial charge in [-0.2, -0.15) is 0 Å². The van der Waals surface area contributed by atoms with Crippen molar-refractivity contribution in [1.82, 2.24) is 20.3 Å². The Bertz CT molecular complexity index is 630. The Morgan fingerprint density at radius 2 is 2.33 bits per heavy atom. The third kappa shape index (κ3) is 3.82. The highest BCUT2D eigenvalue weighted by molar-refractivity contribution is 7.98. The molecule has 0 fully saturated rings. The molecule has 21 heavy (non-hydrogen) atoms. The molecule has 0 bridgehead atoms. The van der Waals surface area contributed by atoms with E-state index in [1.165, 1.54) is 24.3 Å². The molecule has 1 atom stereocenters. The summed E-state index contributed by atoms with van der Waals surface area (Å²) in [6, 6.07) is 2.22. The Morgan fingerprint density at radius 3 is 2.95 bits per heavy atom. The third-order valence-corrected chi connectivity index (χ3v) is 3.50. The SMILES string of the molecule is CSc1ncccc1C(=O)N[C@H](Cc1cnc[nH]1)C(=O)O. The van der Waals surface area contributed by atoms with Crippen LogP contribution in [0, 0.1) is 0 Å². The van der Waals surface area contributed by atoms with E-state index in [1.54, 1.807) is 24.6 Å². The zero-order chi connectivity index (χ0) is 15.2. The smallest absolute Gasteiger partial charge is 0.326 e. The minimum absolute atomic E-state index is 0.135. The van der Waals surface area contributed by atoms with E-state index in [9.17, 15) is 14.7 Å². The van der Waals surface area contributed by atoms with Crippen LogP contribution in [0.25, 0.3) is 0 Å². The number of hydrogen-bond donors (Lipinski definition) is 3. The highest BCUT2D eigenvalue weighted by Crippen LogP contribution is 2.16. The van der Waals surface area contributed by atoms with Crippen LogP contribution in [0.15, 0.2) is 35.9 Å². The highest BCUT2D eigenvalue weighted by Gasteiger charge is 2.23. The summed E-state index contributed by atoms with van der Waals surface area (Å²) in [5.41, 5.74) is 1.000. The predicted octanol–water partition coefficient (Wildman–Crippen LogP) is 0.952. The molecule has 0 radical (unpaired) electrons. The second-order valence-electron chi connectivity index (χ2n) is 4.21. The first-order chi connectivity index (χ1) is 10.1. The minimum atomic E-state index is -1.10. The number of pyridine rings is 1. The van der Waals surface area contributed by atoms with Gasteiger partial charge in [0, 0.05) is 24.5 Å². The van der Waals surface area contributed by atoms with E-state index in [2.05, 4.69) is 20.3 Å². The number of rotatable bonds is 6. The van der Waals surface area contributed by atoms with E-state index in [1.807, 2.05) is 0 Å². The van der Waals surface area contributed by atoms with Crippen LogP contribution >= 0.6 is 11.8 Å². The van der Waals surface area contributed by atoms with E-state index >= 15 is 0 Å². The van der Waals surface area contributed by atoms with Crippen molar-refractivity contribution in [1.29, 1.82) is 0 Å². The zero-order valence-electron chi connectivity index (χ0n) is 11.2. The van der Waals surface area contributed by atoms with Crippen LogP contribution in [0.2, 0.25) is 0 Å². The third-order valence-electron chi connectivity index (χ3n) is 2.79. The molecule has 3 N–H and O–H groups in total. The summed E-state index contributed by atoms with van der Waals surface area (Å²) < 4.78 is 0. The molecule has 7 nitrogen and oxygen atoms in total. The van der Waals surface area contributed by atoms with E-state index in [0.717, 1.165) is 0 Å². The molecule has 0 spiro atoms. The second-order valence-corrected chi connectivity index (χ2v) is 5.00. The van der Waals surface area contributed by atoms with Gasteiger partial charge in [0.25, 0.3) is 5.91 Å². The molecule has 0 saturated heterocycles. The summed E-state index contributed by atoms with van der Waals surface area (Å²) in [6.07, 6.45) is 6.51. The summed E-state index contributed by atoms with van der Waals surface area (Å²) in [5.74, 6) is -1.56. The van der Waals surface area contributed by atoms with Crippen molar-refractivity contribution in [3.05, 3.63) is 42.1 Å². The number of nitrogens with one attached hydrogen (secondary N) is 2. The summed E-state index contributed by atoms with van der Waals surface area (Å²) in [5, 5.41) is 12.3. The number of carboxylic acid groups (broad SMARTS) is 1. The maximum atomic E-state index is 12.2. The number of nitrogens with zero attached hydrogens (tertiary/aromatic N) is 2. The number of aromatic amines is 1. The molecular weight excluding hydrogens is 292 g/mol. The Kier molecular flexibility index (Phi) is 4.94. The van der Waals surface area contributed by atoms with Crippen molar-refractivity contribution in [2.24, 2.45) is 0 Å². The van der Waals surface area contributed by atoms with Gasteiger partial charge < -0.3 is 15.4 Å². The lowest BCUT2D eigenvalue weighted by Gasteiger charge is -2.14. The van der Waals surface area contributed by atoms with Crippen LogP contribution < -0.4 is 5.32 Å². The number of H-pyrrole nitrogens is 1. The van der Waals surface area contributed by atoms with Crippen molar-refractivity contribution >= 4 is 23.6 Å². The number of carbonyl (C=O) groups is 2. The molecule has 0 saturated carbocycles. The average molecular weight is 306 g/mol. The number of imidazole rings is 1. The van der Waals surface area contributed by atoms with Gasteiger partial charge in [-0.25, -0.2) is 14.8 Å². The Labute approximate surface area is 125 Å². The normalized spacial score (nSPS) is 11.9. The summed E-state index contributed by atoms with van der Waals surface area (Å²) in [4.78, 5) is 34.2. The van der Waals surface area contributed by atoms with Crippen LogP contribution in [0.4, 0.5) is 0 Å². The molecule has 0 aliphatic heterocycles. The van der Waals surface area contributed by atoms with Crippen molar-refractivity contribution in [2.45, 2.75) is 17.5 Å². The Balaban J connectivity index is 2.13. The fraction of sp³-hybridized carbons (Fsp3) is 0.231. The topological polar surface area (TPSA) is 108 Å². The van der Waals surface area contributed by atoms with Crippen LogP contribution in [-0.4, -0.2) is 44.2 Å². The van der Waals surface area contributed by atoms with Crippen molar-refractivity contribution in [3.63, 3.8) is 0 Å². The number of aromatic nitrogens is 3. The van der Waals surface area contributed by atoms with Gasteiger partial charge >= 0.3 is 5.97 Å². The van der Waals surface area contributed by atoms with Crippen LogP contribution in [0.1, 0.15) is 16.1 Å². The molecule has 8 heteroatoms. The number of aliphatic carboxylic acids is 1. The van der Waals surface area contributed by atoms with Gasteiger partial charge in [0.1, 0.15) is 11.1 Å². The largest absolute Gasteiger partial charge is 0.480 e. The molecule has 0 aromatic carbocycles. The standard InChI is InChI=1S/C13H14N4O3S/c1-21-12-9(3-2-4-15-12)11(18)17-10(13(19)20)5-8-6-14-7-16-8/h2-4,6-7,10H,5H2,1H3,(H,14,16)(H,17,18)(H,19,20)/t10-/m1/s1. The van der Waals surface area contributed by atoms with Crippen LogP contribution in [-0.2, 0) is 11.2 Å². The molecule has 1 amide bonds. The molecule has 0 aliphatic rings. The molecule has 0 unspecified atom stereocenters. The van der Waals surface area contributed by atoms with E-state index in [-0.39, 0.29) is 6.42 Å². The minimum Gasteiger partial charge on any atom is -0.480 e. The zero-order valence-corrected chi connectivity index (χ0v) is 12.1. The van der Waals surface area contributed by atoms with Gasteiger partial charge in [0.15, 0.2) is 0 Å². The summed E-state index contributed by atoms with van der Waals surface area (Å²) >= 11 is 1.33. The van der Waals surface area contributed by atoms with Gasteiger partial charge in [-0.15, -0.1) is 11.8 Å². The van der Waals surface area contributed by atoms with E-state index < -0.39 is 17.9 Å². The van der Waals surface area contributed by atoms with E-state index in [0.29, 0.717) is 16.3 Å². The molecule has 2 rings (SSSR count). The lowest BCUT2D eigenvalue weighted by Crippen LogP contribution is -2.42. The predicted molar refractivity (Wildman–Crippen MR) is 77.2 cm³/mol. The number of carbonyl (C=O) groups excluding carboxylic acids is 1. The van der Waals surface area contributed by atoms with Gasteiger partial charge in [-0.05, 0) is 18.4 Å². The number of thioether (sulfide) groups is 1. The first-order valence-electron chi connectivity index (χ1n) is 6.11. The number of amides is 1. The monoisotopic (exact) mass is 306 g/mol. The molecule has 2 aromatic heterocycles. The number of hydrogen-bond acceptors (Lipinski definition) is 5. The summed E-state index contributed by atoms with van der Waals surface area (Å²) in [6.45, 7) is 0. The van der Waals surface area contributed by atoms with Crippen molar-refractivity contribution < 1.29 is 14.7 Å². The van der Waals surface area contributed by atoms with Gasteiger partial charge in [-0.3, -0.25) is 4.79 Å². The van der Waals surface area contributed by atoms with Crippen LogP contribution in [0.5, 0.6) is 0 Å². The Morgan fingerprint density at radius 1 is 1.52 bits per heavy atom. The maximum absolute atomic E-state index is 12.2. The summed E-state index contributed by atoms with van der Waals surface area (Å²) in [7, 11) is 0. The van der Waals surface area contributed by atoms with Crippen molar-refractivity contribution in [3.8, 4) is 0 Å². The van der Waals surface area contributed by atoms with Gasteiger partial charge in [0.2, 0.25) is 0 Å². The van der Waals surface area contributed by atoms with Crippen molar-refractivity contribution in [2.75, 3.05) is 6.26 Å². The first kappa shape index (κ1) is 15.0. The van der Waals surface area contributed by atoms with E-state index in [4.69, 9.17) is 0 Å². The fourth-order valence-corrected chi connectivity index (χ4v) is 2.33. The molecule has 110 valence electrons.